The Hall–Kier alpha value is -0.480. The number of nitrogens with zero attached hydrogens (tertiary/aromatic N) is 2. The van der Waals surface area contributed by atoms with Gasteiger partial charge in [0.05, 0.1) is 15.4 Å². The van der Waals surface area contributed by atoms with E-state index in [-0.39, 0.29) is 0 Å². The Kier molecular flexibility index (Phi) is 0.813. The number of hydrogen-bond donors (Lipinski definition) is 0. The third kappa shape index (κ3) is 0.526. The minimum absolute atomic E-state index is 1.20. The summed E-state index contributed by atoms with van der Waals surface area (Å²) in [7, 11) is -1.20. The monoisotopic (exact) mass is 101 g/mol. The Labute approximate surface area is 37.6 Å². The molecule has 1 unspecified atom stereocenters. The highest BCUT2D eigenvalue weighted by molar-refractivity contribution is 7.17. The van der Waals surface area contributed by atoms with Crippen molar-refractivity contribution in [2.75, 3.05) is 0 Å². The lowest BCUT2D eigenvalue weighted by molar-refractivity contribution is 0.589. The largest absolute Gasteiger partial charge is 0.567 e. The summed E-state index contributed by atoms with van der Waals surface area (Å²) in [6, 6.07) is 0. The minimum Gasteiger partial charge on any atom is -0.567 e. The molecule has 1 aromatic rings. The third-order valence-electron chi connectivity index (χ3n) is 0.333. The predicted molar refractivity (Wildman–Crippen MR) is 19.5 cm³/mol. The third-order valence-corrected chi connectivity index (χ3v) is 0.882. The molecular weight excluding hydrogens is 100 g/mol. The van der Waals surface area contributed by atoms with E-state index in [2.05, 4.69) is 15.8 Å². The fraction of sp³-hybridized carbons (Fsp3) is 0. The molecular formula is C2HN2OS. The maximum atomic E-state index is 9.98. The van der Waals surface area contributed by atoms with Gasteiger partial charge in [0, 0.05) is 0 Å². The van der Waals surface area contributed by atoms with Crippen LogP contribution in [0.4, 0.5) is 0 Å². The fourth-order valence-corrected chi connectivity index (χ4v) is 0.468. The van der Waals surface area contributed by atoms with E-state index in [9.17, 15) is 4.55 Å². The van der Waals surface area contributed by atoms with Crippen LogP contribution in [-0.4, -0.2) is 14.1 Å². The standard InChI is InChI=1S/C2HN2OS/c5-6-2-1-3-4-6/h2H. The van der Waals surface area contributed by atoms with Gasteiger partial charge < -0.3 is 4.55 Å². The lowest BCUT2D eigenvalue weighted by atomic mass is 11.1. The first-order chi connectivity index (χ1) is 2.89. The van der Waals surface area contributed by atoms with Crippen LogP contribution in [0.3, 0.4) is 0 Å². The van der Waals surface area contributed by atoms with Gasteiger partial charge in [0.2, 0.25) is 0 Å². The van der Waals surface area contributed by atoms with Gasteiger partial charge in [-0.1, -0.05) is 5.10 Å². The molecule has 0 aromatic carbocycles. The lowest BCUT2D eigenvalue weighted by Gasteiger charge is -1.68. The van der Waals surface area contributed by atoms with Gasteiger partial charge in [-0.3, -0.25) is 0 Å². The Morgan fingerprint density at radius 2 is 2.67 bits per heavy atom. The van der Waals surface area contributed by atoms with Crippen molar-refractivity contribution in [2.45, 2.75) is 0 Å². The second-order valence-corrected chi connectivity index (χ2v) is 1.66. The zero-order valence-corrected chi connectivity index (χ0v) is 3.60. The quantitative estimate of drug-likeness (QED) is 0.432. The number of aromatic nitrogens is 2. The van der Waals surface area contributed by atoms with E-state index in [1.807, 2.05) is 0 Å². The summed E-state index contributed by atoms with van der Waals surface area (Å²) in [4.78, 5) is 0. The molecule has 1 heterocycles. The molecule has 0 saturated carbocycles. The molecule has 0 spiro atoms. The molecule has 3 nitrogen and oxygen atoms in total. The van der Waals surface area contributed by atoms with Crippen molar-refractivity contribution in [3.8, 4) is 0 Å². The molecule has 0 aliphatic carbocycles. The average molecular weight is 101 g/mol. The molecule has 0 bridgehead atoms. The minimum atomic E-state index is -1.20. The smallest absolute Gasteiger partial charge is 0.193 e. The summed E-state index contributed by atoms with van der Waals surface area (Å²) in [6.07, 6.45) is 2.31. The Morgan fingerprint density at radius 1 is 1.83 bits per heavy atom. The predicted octanol–water partition coefficient (Wildman–Crippen LogP) is 0.00439. The number of rotatable bonds is 0. The van der Waals surface area contributed by atoms with Crippen LogP contribution >= 0.6 is 10.9 Å². The normalized spacial score (nSPS) is 11.8. The van der Waals surface area contributed by atoms with Gasteiger partial charge in [0.25, 0.3) is 0 Å². The van der Waals surface area contributed by atoms with Crippen molar-refractivity contribution >= 4 is 10.9 Å². The maximum absolute atomic E-state index is 9.98. The van der Waals surface area contributed by atoms with Crippen LogP contribution in [0.2, 0.25) is 0 Å². The van der Waals surface area contributed by atoms with E-state index in [1.54, 1.807) is 0 Å². The van der Waals surface area contributed by atoms with Crippen molar-refractivity contribution in [1.82, 2.24) is 9.59 Å². The van der Waals surface area contributed by atoms with Crippen LogP contribution in [0, 0.1) is 6.20 Å². The van der Waals surface area contributed by atoms with Crippen molar-refractivity contribution < 1.29 is 4.55 Å². The van der Waals surface area contributed by atoms with E-state index in [0.717, 1.165) is 0 Å². The molecule has 1 radical (unpaired) electrons. The van der Waals surface area contributed by atoms with Crippen LogP contribution < -0.4 is 0 Å². The van der Waals surface area contributed by atoms with Crippen LogP contribution in [0.1, 0.15) is 0 Å². The molecule has 0 aliphatic heterocycles. The zero-order valence-electron chi connectivity index (χ0n) is 2.79. The highest BCUT2D eigenvalue weighted by atomic mass is 32.2. The Bertz CT molecular complexity index is 115. The van der Waals surface area contributed by atoms with Gasteiger partial charge in [0.1, 0.15) is 0 Å². The Balaban J connectivity index is 3.05. The van der Waals surface area contributed by atoms with Crippen LogP contribution in [0.25, 0.3) is 0 Å². The van der Waals surface area contributed by atoms with E-state index in [0.29, 0.717) is 0 Å². The maximum Gasteiger partial charge on any atom is 0.193 e. The molecule has 1 aromatic heterocycles. The van der Waals surface area contributed by atoms with Gasteiger partial charge in [-0.05, 0) is 0 Å². The zero-order chi connectivity index (χ0) is 4.41. The van der Waals surface area contributed by atoms with Crippen LogP contribution in [-0.2, 0) is 0 Å². The highest BCUT2D eigenvalue weighted by Gasteiger charge is 1.84. The first-order valence-electron chi connectivity index (χ1n) is 1.30. The summed E-state index contributed by atoms with van der Waals surface area (Å²) in [5, 5.41) is 4.48. The van der Waals surface area contributed by atoms with Crippen molar-refractivity contribution in [2.24, 2.45) is 0 Å². The molecule has 0 N–H and O–H groups in total. The topological polar surface area (TPSA) is 48.8 Å². The van der Waals surface area contributed by atoms with Gasteiger partial charge in [-0.15, -0.1) is 0 Å². The van der Waals surface area contributed by atoms with E-state index < -0.39 is 10.9 Å². The fourth-order valence-electron chi connectivity index (χ4n) is 0.156. The molecule has 6 heavy (non-hydrogen) atoms. The average Bonchev–Trinajstić information content (AvgIpc) is 1.86. The van der Waals surface area contributed by atoms with Gasteiger partial charge >= 0.3 is 0 Å². The van der Waals surface area contributed by atoms with Crippen molar-refractivity contribution in [3.63, 3.8) is 0 Å². The van der Waals surface area contributed by atoms with E-state index in [1.165, 1.54) is 5.38 Å². The molecule has 31 valence electrons. The van der Waals surface area contributed by atoms with Crippen molar-refractivity contribution in [1.29, 1.82) is 0 Å². The van der Waals surface area contributed by atoms with Gasteiger partial charge in [0.15, 0.2) is 11.6 Å². The summed E-state index contributed by atoms with van der Waals surface area (Å²) in [6.45, 7) is 0. The SMILES string of the molecule is [O-][s+]1c[c]nn1. The molecule has 0 aliphatic rings. The molecule has 1 rings (SSSR count). The number of hydrogen-bond acceptors (Lipinski definition) is 3. The Morgan fingerprint density at radius 3 is 2.83 bits per heavy atom. The summed E-state index contributed by atoms with van der Waals surface area (Å²) in [5.74, 6) is 0. The van der Waals surface area contributed by atoms with E-state index in [4.69, 9.17) is 0 Å². The van der Waals surface area contributed by atoms with E-state index >= 15 is 0 Å². The second kappa shape index (κ2) is 1.32. The van der Waals surface area contributed by atoms with Gasteiger partial charge in [-0.2, -0.15) is 0 Å². The summed E-state index contributed by atoms with van der Waals surface area (Å²) < 4.78 is 13.1. The summed E-state index contributed by atoms with van der Waals surface area (Å²) in [5.41, 5.74) is 0. The van der Waals surface area contributed by atoms with Gasteiger partial charge in [-0.25, -0.2) is 0 Å². The summed E-state index contributed by atoms with van der Waals surface area (Å²) >= 11 is 0. The molecule has 4 heteroatoms. The molecule has 0 amide bonds. The lowest BCUT2D eigenvalue weighted by Crippen LogP contribution is -1.58. The van der Waals surface area contributed by atoms with Crippen LogP contribution in [0.15, 0.2) is 5.38 Å². The second-order valence-electron chi connectivity index (χ2n) is 0.705. The van der Waals surface area contributed by atoms with Crippen LogP contribution in [0.5, 0.6) is 0 Å². The first-order valence-corrected chi connectivity index (χ1v) is 2.47. The van der Waals surface area contributed by atoms with Crippen molar-refractivity contribution in [3.05, 3.63) is 11.6 Å². The molecule has 0 saturated heterocycles. The molecule has 1 atom stereocenters. The first kappa shape index (κ1) is 3.70. The molecule has 0 fully saturated rings. The highest BCUT2D eigenvalue weighted by Crippen LogP contribution is 1.97.